The third-order valence-corrected chi connectivity index (χ3v) is 7.56. The van der Waals surface area contributed by atoms with Gasteiger partial charge < -0.3 is 25.6 Å². The first-order valence-corrected chi connectivity index (χ1v) is 14.0. The summed E-state index contributed by atoms with van der Waals surface area (Å²) in [6.07, 6.45) is -0.686. The number of halogens is 3. The van der Waals surface area contributed by atoms with Crippen molar-refractivity contribution >= 4 is 39.7 Å². The highest BCUT2D eigenvalue weighted by molar-refractivity contribution is 5.92. The zero-order valence-corrected chi connectivity index (χ0v) is 24.5. The second-order valence-electron chi connectivity index (χ2n) is 10.7. The summed E-state index contributed by atoms with van der Waals surface area (Å²) in [7, 11) is 5.15. The minimum atomic E-state index is -4.50. The molecular formula is C31H34F3N7O2. The van der Waals surface area contributed by atoms with E-state index in [1.54, 1.807) is 18.1 Å². The van der Waals surface area contributed by atoms with Gasteiger partial charge in [0.15, 0.2) is 0 Å². The quantitative estimate of drug-likeness (QED) is 0.219. The Morgan fingerprint density at radius 2 is 1.86 bits per heavy atom. The van der Waals surface area contributed by atoms with Crippen molar-refractivity contribution < 1.29 is 22.7 Å². The SMILES string of the molecule is CCN(C)C(=O)Cc1cc(N(C)c2ccc3nc(C4CC4)nc(NCc4cc(N)cc(C(F)(F)F)c4)c3c2)cnc1OC. The number of rotatable bonds is 10. The minimum Gasteiger partial charge on any atom is -0.481 e. The van der Waals surface area contributed by atoms with Crippen LogP contribution in [0.3, 0.4) is 0 Å². The van der Waals surface area contributed by atoms with Gasteiger partial charge in [-0.25, -0.2) is 15.0 Å². The van der Waals surface area contributed by atoms with E-state index in [9.17, 15) is 18.0 Å². The van der Waals surface area contributed by atoms with E-state index < -0.39 is 11.7 Å². The lowest BCUT2D eigenvalue weighted by atomic mass is 10.1. The van der Waals surface area contributed by atoms with Gasteiger partial charge in [0.25, 0.3) is 0 Å². The lowest BCUT2D eigenvalue weighted by Crippen LogP contribution is -2.28. The molecule has 0 spiro atoms. The first-order valence-electron chi connectivity index (χ1n) is 14.0. The van der Waals surface area contributed by atoms with Crippen molar-refractivity contribution in [3.05, 3.63) is 71.2 Å². The van der Waals surface area contributed by atoms with Crippen LogP contribution in [0.15, 0.2) is 48.7 Å². The van der Waals surface area contributed by atoms with Gasteiger partial charge in [-0.2, -0.15) is 13.2 Å². The number of pyridine rings is 1. The van der Waals surface area contributed by atoms with Crippen LogP contribution in [-0.2, 0) is 23.9 Å². The predicted molar refractivity (Wildman–Crippen MR) is 161 cm³/mol. The van der Waals surface area contributed by atoms with Crippen LogP contribution in [0.2, 0.25) is 0 Å². The molecule has 0 saturated heterocycles. The van der Waals surface area contributed by atoms with Crippen molar-refractivity contribution in [2.24, 2.45) is 0 Å². The molecule has 4 aromatic rings. The van der Waals surface area contributed by atoms with Crippen LogP contribution in [0.25, 0.3) is 10.9 Å². The van der Waals surface area contributed by atoms with E-state index >= 15 is 0 Å². The number of fused-ring (bicyclic) bond motifs is 1. The monoisotopic (exact) mass is 593 g/mol. The van der Waals surface area contributed by atoms with Gasteiger partial charge >= 0.3 is 6.18 Å². The number of anilines is 4. The number of nitrogen functional groups attached to an aromatic ring is 1. The third-order valence-electron chi connectivity index (χ3n) is 7.56. The molecule has 2 heterocycles. The molecule has 1 aliphatic carbocycles. The summed E-state index contributed by atoms with van der Waals surface area (Å²) in [5.74, 6) is 1.85. The zero-order valence-electron chi connectivity index (χ0n) is 24.5. The molecule has 0 radical (unpaired) electrons. The zero-order chi connectivity index (χ0) is 30.9. The highest BCUT2D eigenvalue weighted by atomic mass is 19.4. The van der Waals surface area contributed by atoms with Crippen LogP contribution in [0.1, 0.15) is 48.2 Å². The molecule has 5 rings (SSSR count). The predicted octanol–water partition coefficient (Wildman–Crippen LogP) is 5.91. The molecule has 3 N–H and O–H groups in total. The van der Waals surface area contributed by atoms with Gasteiger partial charge in [-0.1, -0.05) is 0 Å². The number of amides is 1. The molecule has 0 atom stereocenters. The molecule has 1 aliphatic rings. The Hall–Kier alpha value is -4.61. The number of alkyl halides is 3. The standard InChI is InChI=1S/C31H34F3N7O2/c1-5-40(2)27(42)13-20-12-24(17-37-30(20)43-4)41(3)23-8-9-26-25(15-23)29(39-28(38-26)19-6-7-19)36-16-18-10-21(31(32,33)34)14-22(35)11-18/h8-12,14-15,17,19H,5-7,13,16,35H2,1-4H3,(H,36,38,39). The van der Waals surface area contributed by atoms with Gasteiger partial charge in [-0.15, -0.1) is 0 Å². The number of nitrogens with two attached hydrogens (primary N) is 1. The molecule has 0 aliphatic heterocycles. The van der Waals surface area contributed by atoms with Crippen LogP contribution in [0.5, 0.6) is 5.88 Å². The number of hydrogen-bond donors (Lipinski definition) is 2. The normalized spacial score (nSPS) is 13.2. The Kier molecular flexibility index (Phi) is 8.30. The van der Waals surface area contributed by atoms with Gasteiger partial charge in [0.1, 0.15) is 11.6 Å². The molecule has 0 bridgehead atoms. The summed E-state index contributed by atoms with van der Waals surface area (Å²) < 4.78 is 45.5. The number of benzene rings is 2. The molecule has 1 amide bonds. The van der Waals surface area contributed by atoms with Crippen molar-refractivity contribution in [3.8, 4) is 5.88 Å². The van der Waals surface area contributed by atoms with E-state index in [4.69, 9.17) is 20.4 Å². The average molecular weight is 594 g/mol. The Morgan fingerprint density at radius 3 is 2.53 bits per heavy atom. The Labute approximate surface area is 247 Å². The second-order valence-corrected chi connectivity index (χ2v) is 10.7. The summed E-state index contributed by atoms with van der Waals surface area (Å²) in [6, 6.07) is 11.2. The van der Waals surface area contributed by atoms with E-state index in [0.29, 0.717) is 35.2 Å². The number of carbonyl (C=O) groups excluding carboxylic acids is 1. The van der Waals surface area contributed by atoms with E-state index in [1.807, 2.05) is 43.1 Å². The number of nitrogens with one attached hydrogen (secondary N) is 1. The van der Waals surface area contributed by atoms with E-state index in [2.05, 4.69) is 10.3 Å². The molecule has 43 heavy (non-hydrogen) atoms. The Balaban J connectivity index is 1.47. The molecule has 1 fully saturated rings. The van der Waals surface area contributed by atoms with Gasteiger partial charge in [-0.05, 0) is 67.8 Å². The molecule has 2 aromatic heterocycles. The third kappa shape index (κ3) is 6.73. The van der Waals surface area contributed by atoms with Gasteiger partial charge in [0, 0.05) is 55.4 Å². The summed E-state index contributed by atoms with van der Waals surface area (Å²) in [6.45, 7) is 2.59. The minimum absolute atomic E-state index is 0.0391. The fourth-order valence-corrected chi connectivity index (χ4v) is 4.77. The summed E-state index contributed by atoms with van der Waals surface area (Å²) in [5, 5.41) is 3.95. The number of carbonyl (C=O) groups is 1. The maximum atomic E-state index is 13.4. The topological polar surface area (TPSA) is 110 Å². The lowest BCUT2D eigenvalue weighted by Gasteiger charge is -2.22. The van der Waals surface area contributed by atoms with Crippen molar-refractivity contribution in [2.45, 2.75) is 44.8 Å². The van der Waals surface area contributed by atoms with Gasteiger partial charge in [-0.3, -0.25) is 4.79 Å². The largest absolute Gasteiger partial charge is 0.481 e. The van der Waals surface area contributed by atoms with Crippen molar-refractivity contribution in [1.29, 1.82) is 0 Å². The first kappa shape index (κ1) is 29.9. The second kappa shape index (κ2) is 11.9. The Bertz CT molecular complexity index is 1660. The molecule has 1 saturated carbocycles. The van der Waals surface area contributed by atoms with Crippen LogP contribution in [0.4, 0.5) is 36.1 Å². The van der Waals surface area contributed by atoms with Crippen molar-refractivity contribution in [2.75, 3.05) is 43.7 Å². The van der Waals surface area contributed by atoms with E-state index in [-0.39, 0.29) is 30.5 Å². The number of hydrogen-bond acceptors (Lipinski definition) is 8. The summed E-state index contributed by atoms with van der Waals surface area (Å²) in [4.78, 5) is 30.2. The number of likely N-dealkylation sites (N-methyl/N-ethyl adjacent to an activating group) is 1. The highest BCUT2D eigenvalue weighted by Crippen LogP contribution is 2.40. The number of aromatic nitrogens is 3. The molecule has 226 valence electrons. The fraction of sp³-hybridized carbons (Fsp3) is 0.355. The van der Waals surface area contributed by atoms with Crippen LogP contribution in [-0.4, -0.2) is 53.5 Å². The van der Waals surface area contributed by atoms with Crippen LogP contribution in [0, 0.1) is 0 Å². The highest BCUT2D eigenvalue weighted by Gasteiger charge is 2.31. The van der Waals surface area contributed by atoms with Crippen molar-refractivity contribution in [1.82, 2.24) is 19.9 Å². The van der Waals surface area contributed by atoms with Crippen LogP contribution < -0.4 is 20.7 Å². The smallest absolute Gasteiger partial charge is 0.416 e. The lowest BCUT2D eigenvalue weighted by molar-refractivity contribution is -0.137. The summed E-state index contributed by atoms with van der Waals surface area (Å²) >= 11 is 0. The number of methoxy groups -OCH3 is 1. The van der Waals surface area contributed by atoms with Gasteiger partial charge in [0.05, 0.1) is 36.5 Å². The fourth-order valence-electron chi connectivity index (χ4n) is 4.77. The first-order chi connectivity index (χ1) is 20.5. The maximum absolute atomic E-state index is 13.4. The molecule has 9 nitrogen and oxygen atoms in total. The molecular weight excluding hydrogens is 559 g/mol. The molecule has 0 unspecified atom stereocenters. The molecule has 12 heteroatoms. The number of nitrogens with zero attached hydrogens (tertiary/aromatic N) is 5. The molecule has 2 aromatic carbocycles. The average Bonchev–Trinajstić information content (AvgIpc) is 3.84. The van der Waals surface area contributed by atoms with E-state index in [1.165, 1.54) is 13.2 Å². The van der Waals surface area contributed by atoms with E-state index in [0.717, 1.165) is 47.3 Å². The van der Waals surface area contributed by atoms with Crippen LogP contribution >= 0.6 is 0 Å². The summed E-state index contributed by atoms with van der Waals surface area (Å²) in [5.41, 5.74) is 8.35. The van der Waals surface area contributed by atoms with Crippen molar-refractivity contribution in [3.63, 3.8) is 0 Å². The number of ether oxygens (including phenoxy) is 1. The van der Waals surface area contributed by atoms with Gasteiger partial charge in [0.2, 0.25) is 11.8 Å². The maximum Gasteiger partial charge on any atom is 0.416 e. The Morgan fingerprint density at radius 1 is 1.09 bits per heavy atom.